The molecule has 3 aromatic rings. The number of carbonyl (C=O) groups excluding carboxylic acids is 2. The van der Waals surface area contributed by atoms with E-state index >= 15 is 0 Å². The first-order valence-corrected chi connectivity index (χ1v) is 13.9. The van der Waals surface area contributed by atoms with Crippen molar-refractivity contribution >= 4 is 46.8 Å². The lowest BCUT2D eigenvalue weighted by Gasteiger charge is -2.31. The number of nitrogens with one attached hydrogen (secondary N) is 1. The average Bonchev–Trinajstić information content (AvgIpc) is 2.89. The summed E-state index contributed by atoms with van der Waals surface area (Å²) in [6.45, 7) is 3.01. The summed E-state index contributed by atoms with van der Waals surface area (Å²) < 4.78 is 0. The summed E-state index contributed by atoms with van der Waals surface area (Å²) in [5.41, 5.74) is 1.94. The van der Waals surface area contributed by atoms with Crippen LogP contribution in [0.4, 0.5) is 0 Å². The molecule has 0 bridgehead atoms. The minimum absolute atomic E-state index is 0.0574. The van der Waals surface area contributed by atoms with E-state index < -0.39 is 6.04 Å². The molecule has 0 saturated carbocycles. The Hall–Kier alpha value is -2.47. The Bertz CT molecular complexity index is 1090. The molecular formula is C29H32Cl2N2O2S. The molecule has 190 valence electrons. The molecule has 0 unspecified atom stereocenters. The predicted octanol–water partition coefficient (Wildman–Crippen LogP) is 7.03. The first-order chi connectivity index (χ1) is 17.5. The van der Waals surface area contributed by atoms with Crippen LogP contribution in [0.5, 0.6) is 0 Å². The smallest absolute Gasteiger partial charge is 0.243 e. The molecule has 36 heavy (non-hydrogen) atoms. The van der Waals surface area contributed by atoms with E-state index in [9.17, 15) is 9.59 Å². The van der Waals surface area contributed by atoms with E-state index in [2.05, 4.69) is 12.2 Å². The lowest BCUT2D eigenvalue weighted by atomic mass is 10.0. The summed E-state index contributed by atoms with van der Waals surface area (Å²) >= 11 is 13.7. The van der Waals surface area contributed by atoms with Gasteiger partial charge in [-0.3, -0.25) is 9.59 Å². The zero-order valence-electron chi connectivity index (χ0n) is 20.5. The molecule has 0 heterocycles. The van der Waals surface area contributed by atoms with Gasteiger partial charge in [-0.1, -0.05) is 79.0 Å². The van der Waals surface area contributed by atoms with Crippen LogP contribution in [-0.4, -0.2) is 35.1 Å². The Morgan fingerprint density at radius 2 is 1.53 bits per heavy atom. The van der Waals surface area contributed by atoms with Crippen LogP contribution in [0, 0.1) is 0 Å². The van der Waals surface area contributed by atoms with Crippen molar-refractivity contribution in [3.05, 3.63) is 100 Å². The van der Waals surface area contributed by atoms with Gasteiger partial charge in [0.1, 0.15) is 6.04 Å². The molecule has 3 rings (SSSR count). The number of hydrogen-bond donors (Lipinski definition) is 1. The van der Waals surface area contributed by atoms with Crippen molar-refractivity contribution in [3.63, 3.8) is 0 Å². The molecule has 0 aliphatic heterocycles. The van der Waals surface area contributed by atoms with Gasteiger partial charge in [0.15, 0.2) is 0 Å². The minimum atomic E-state index is -0.618. The molecule has 0 spiro atoms. The van der Waals surface area contributed by atoms with Gasteiger partial charge in [-0.15, -0.1) is 11.8 Å². The third kappa shape index (κ3) is 9.20. The maximum absolute atomic E-state index is 13.6. The number of nitrogens with zero attached hydrogens (tertiary/aromatic N) is 1. The van der Waals surface area contributed by atoms with Gasteiger partial charge in [-0.2, -0.15) is 0 Å². The highest BCUT2D eigenvalue weighted by atomic mass is 35.5. The summed E-state index contributed by atoms with van der Waals surface area (Å²) in [5.74, 6) is 0.422. The Balaban J connectivity index is 1.81. The molecule has 0 radical (unpaired) electrons. The molecule has 1 atom stereocenters. The Kier molecular flexibility index (Phi) is 11.7. The third-order valence-corrected chi connectivity index (χ3v) is 7.28. The fourth-order valence-electron chi connectivity index (χ4n) is 3.78. The number of halogens is 2. The third-order valence-electron chi connectivity index (χ3n) is 5.77. The highest BCUT2D eigenvalue weighted by Crippen LogP contribution is 2.23. The molecule has 7 heteroatoms. The second-order valence-electron chi connectivity index (χ2n) is 8.55. The summed E-state index contributed by atoms with van der Waals surface area (Å²) in [7, 11) is 0. The number of benzene rings is 3. The van der Waals surface area contributed by atoms with Crippen molar-refractivity contribution in [1.29, 1.82) is 0 Å². The van der Waals surface area contributed by atoms with Crippen LogP contribution >= 0.6 is 35.0 Å². The van der Waals surface area contributed by atoms with Crippen LogP contribution in [0.25, 0.3) is 0 Å². The Labute approximate surface area is 228 Å². The van der Waals surface area contributed by atoms with E-state index in [-0.39, 0.29) is 11.8 Å². The van der Waals surface area contributed by atoms with Gasteiger partial charge in [0, 0.05) is 46.6 Å². The second kappa shape index (κ2) is 14.9. The van der Waals surface area contributed by atoms with Crippen molar-refractivity contribution in [3.8, 4) is 0 Å². The number of thioether (sulfide) groups is 1. The molecule has 0 aliphatic carbocycles. The molecule has 0 aliphatic rings. The minimum Gasteiger partial charge on any atom is -0.354 e. The van der Waals surface area contributed by atoms with Crippen LogP contribution in [0.2, 0.25) is 10.0 Å². The molecule has 1 N–H and O–H groups in total. The van der Waals surface area contributed by atoms with E-state index in [1.165, 1.54) is 0 Å². The van der Waals surface area contributed by atoms with E-state index in [1.807, 2.05) is 78.9 Å². The number of unbranched alkanes of at least 4 members (excludes halogenated alkanes) is 1. The average molecular weight is 544 g/mol. The first-order valence-electron chi connectivity index (χ1n) is 12.2. The van der Waals surface area contributed by atoms with Crippen LogP contribution in [0.1, 0.15) is 37.3 Å². The van der Waals surface area contributed by atoms with Crippen LogP contribution in [0.3, 0.4) is 0 Å². The van der Waals surface area contributed by atoms with Gasteiger partial charge in [-0.25, -0.2) is 0 Å². The maximum Gasteiger partial charge on any atom is 0.243 e. The number of rotatable bonds is 13. The predicted molar refractivity (Wildman–Crippen MR) is 151 cm³/mol. The van der Waals surface area contributed by atoms with Gasteiger partial charge >= 0.3 is 0 Å². The normalized spacial score (nSPS) is 11.6. The fourth-order valence-corrected chi connectivity index (χ4v) is 4.87. The van der Waals surface area contributed by atoms with Gasteiger partial charge in [0.25, 0.3) is 0 Å². The quantitative estimate of drug-likeness (QED) is 0.186. The summed E-state index contributed by atoms with van der Waals surface area (Å²) in [4.78, 5) is 29.8. The standard InChI is InChI=1S/C29H32Cl2N2O2S/c1-2-3-18-32-29(35)27(20-22-7-5-4-6-8-22)33(21-23-9-11-24(30)12-10-23)28(34)17-19-36-26-15-13-25(31)14-16-26/h4-16,27H,2-3,17-21H2,1H3,(H,32,35)/t27-/m0/s1. The number of amides is 2. The Morgan fingerprint density at radius 1 is 0.889 bits per heavy atom. The van der Waals surface area contributed by atoms with Crippen molar-refractivity contribution in [2.75, 3.05) is 12.3 Å². The SMILES string of the molecule is CCCCNC(=O)[C@H](Cc1ccccc1)N(Cc1ccc(Cl)cc1)C(=O)CCSc1ccc(Cl)cc1. The topological polar surface area (TPSA) is 49.4 Å². The summed E-state index contributed by atoms with van der Waals surface area (Å²) in [6.07, 6.45) is 2.64. The van der Waals surface area contributed by atoms with E-state index in [0.717, 1.165) is 28.9 Å². The lowest BCUT2D eigenvalue weighted by molar-refractivity contribution is -0.141. The molecule has 0 fully saturated rings. The monoisotopic (exact) mass is 542 g/mol. The first kappa shape index (κ1) is 28.1. The molecule has 3 aromatic carbocycles. The largest absolute Gasteiger partial charge is 0.354 e. The lowest BCUT2D eigenvalue weighted by Crippen LogP contribution is -2.50. The van der Waals surface area contributed by atoms with Gasteiger partial charge in [0.05, 0.1) is 0 Å². The van der Waals surface area contributed by atoms with E-state index in [0.29, 0.717) is 41.7 Å². The second-order valence-corrected chi connectivity index (χ2v) is 10.6. The molecule has 2 amide bonds. The molecule has 4 nitrogen and oxygen atoms in total. The van der Waals surface area contributed by atoms with Crippen LogP contribution in [0.15, 0.2) is 83.8 Å². The van der Waals surface area contributed by atoms with Gasteiger partial charge in [0.2, 0.25) is 11.8 Å². The van der Waals surface area contributed by atoms with Gasteiger partial charge < -0.3 is 10.2 Å². The van der Waals surface area contributed by atoms with Gasteiger partial charge in [-0.05, 0) is 53.9 Å². The highest BCUT2D eigenvalue weighted by molar-refractivity contribution is 7.99. The van der Waals surface area contributed by atoms with Crippen molar-refractivity contribution in [2.24, 2.45) is 0 Å². The molecular weight excluding hydrogens is 511 g/mol. The molecule has 0 aromatic heterocycles. The summed E-state index contributed by atoms with van der Waals surface area (Å²) in [5, 5.41) is 4.37. The van der Waals surface area contributed by atoms with E-state index in [1.54, 1.807) is 16.7 Å². The van der Waals surface area contributed by atoms with Crippen molar-refractivity contribution in [1.82, 2.24) is 10.2 Å². The number of carbonyl (C=O) groups is 2. The fraction of sp³-hybridized carbons (Fsp3) is 0.310. The highest BCUT2D eigenvalue weighted by Gasteiger charge is 2.30. The van der Waals surface area contributed by atoms with Crippen molar-refractivity contribution in [2.45, 2.75) is 50.1 Å². The summed E-state index contributed by atoms with van der Waals surface area (Å²) in [6, 6.07) is 24.2. The van der Waals surface area contributed by atoms with Crippen molar-refractivity contribution < 1.29 is 9.59 Å². The maximum atomic E-state index is 13.6. The molecule has 0 saturated heterocycles. The zero-order chi connectivity index (χ0) is 25.8. The number of hydrogen-bond acceptors (Lipinski definition) is 3. The van der Waals surface area contributed by atoms with E-state index in [4.69, 9.17) is 23.2 Å². The Morgan fingerprint density at radius 3 is 2.17 bits per heavy atom. The van der Waals surface area contributed by atoms with Crippen LogP contribution in [-0.2, 0) is 22.6 Å². The van der Waals surface area contributed by atoms with Crippen LogP contribution < -0.4 is 5.32 Å². The zero-order valence-corrected chi connectivity index (χ0v) is 22.8.